The summed E-state index contributed by atoms with van der Waals surface area (Å²) in [7, 11) is -4.08. The van der Waals surface area contributed by atoms with Gasteiger partial charge in [-0.05, 0) is 47.2 Å². The summed E-state index contributed by atoms with van der Waals surface area (Å²) in [6, 6.07) is 6.93. The van der Waals surface area contributed by atoms with E-state index in [-0.39, 0.29) is 43.7 Å². The van der Waals surface area contributed by atoms with Crippen molar-refractivity contribution >= 4 is 57.2 Å². The van der Waals surface area contributed by atoms with Crippen LogP contribution >= 0.6 is 0 Å². The van der Waals surface area contributed by atoms with E-state index in [0.717, 1.165) is 0 Å². The van der Waals surface area contributed by atoms with Crippen molar-refractivity contribution in [3.63, 3.8) is 0 Å². The van der Waals surface area contributed by atoms with Gasteiger partial charge in [0.2, 0.25) is 29.4 Å². The lowest BCUT2D eigenvalue weighted by Gasteiger charge is -2.35. The number of rotatable bonds is 13. The van der Waals surface area contributed by atoms with Gasteiger partial charge in [0.25, 0.3) is 16.1 Å². The first-order valence-corrected chi connectivity index (χ1v) is 20.3. The topological polar surface area (TPSA) is 282 Å². The molecule has 0 radical (unpaired) electrons. The Labute approximate surface area is 336 Å². The number of nitrogens with two attached hydrogens (primary N) is 1. The number of carboxylic acids is 1. The molecular weight excluding hydrogens is 779 g/mol. The fraction of sp³-hybridized carbons (Fsp3) is 0.500. The molecule has 2 unspecified atom stereocenters. The molecule has 316 valence electrons. The highest BCUT2D eigenvalue weighted by atomic mass is 32.2. The predicted octanol–water partition coefficient (Wildman–Crippen LogP) is 0.0563. The number of aliphatic carboxylic acids is 1. The Kier molecular flexibility index (Phi) is 15.3. The van der Waals surface area contributed by atoms with Gasteiger partial charge in [-0.2, -0.15) is 8.42 Å². The molecule has 0 spiro atoms. The summed E-state index contributed by atoms with van der Waals surface area (Å²) in [6.07, 6.45) is 0.374. The number of Topliss-reactive ketones (excluding diaryl/α,β-unsaturated/α-hetero) is 1. The van der Waals surface area contributed by atoms with Crippen LogP contribution in [0.1, 0.15) is 70.5 Å². The number of hydrogen-bond acceptors (Lipinski definition) is 11. The Balaban J connectivity index is 1.44. The van der Waals surface area contributed by atoms with E-state index in [1.165, 1.54) is 29.2 Å². The maximum Gasteiger partial charge on any atom is 0.330 e. The summed E-state index contributed by atoms with van der Waals surface area (Å²) < 4.78 is 36.4. The summed E-state index contributed by atoms with van der Waals surface area (Å²) in [6.45, 7) is 6.89. The number of carbonyl (C=O) groups is 7. The zero-order chi connectivity index (χ0) is 42.8. The Morgan fingerprint density at radius 3 is 2.38 bits per heavy atom. The molecule has 4 bridgehead atoms. The molecule has 20 heteroatoms. The van der Waals surface area contributed by atoms with Crippen molar-refractivity contribution in [2.75, 3.05) is 31.0 Å². The van der Waals surface area contributed by atoms with Gasteiger partial charge in [-0.1, -0.05) is 58.4 Å². The number of nitrogens with zero attached hydrogens (tertiary/aromatic N) is 1. The molecule has 2 heterocycles. The first-order valence-electron chi connectivity index (χ1n) is 18.7. The highest BCUT2D eigenvalue weighted by Crippen LogP contribution is 2.28. The Hall–Kier alpha value is -5.60. The lowest BCUT2D eigenvalue weighted by atomic mass is 9.85. The molecule has 2 aromatic carbocycles. The van der Waals surface area contributed by atoms with E-state index in [4.69, 9.17) is 14.6 Å². The van der Waals surface area contributed by atoms with Crippen molar-refractivity contribution < 1.29 is 56.6 Å². The molecular formula is C38H51N7O12S. The monoisotopic (exact) mass is 829 g/mol. The van der Waals surface area contributed by atoms with Gasteiger partial charge in [-0.3, -0.25) is 33.5 Å². The average molecular weight is 830 g/mol. The second-order valence-corrected chi connectivity index (χ2v) is 16.4. The van der Waals surface area contributed by atoms with Gasteiger partial charge in [-0.25, -0.2) is 9.93 Å². The number of anilines is 1. The third-order valence-electron chi connectivity index (χ3n) is 9.34. The summed E-state index contributed by atoms with van der Waals surface area (Å²) in [4.78, 5) is 93.9. The number of carbonyl (C=O) groups excluding carboxylic acids is 6. The molecule has 19 nitrogen and oxygen atoms in total. The molecule has 2 aliphatic heterocycles. The van der Waals surface area contributed by atoms with E-state index in [1.54, 1.807) is 52.0 Å². The Morgan fingerprint density at radius 1 is 1.03 bits per heavy atom. The number of benzene rings is 2. The summed E-state index contributed by atoms with van der Waals surface area (Å²) in [5, 5.41) is 24.5. The van der Waals surface area contributed by atoms with Crippen LogP contribution in [0.15, 0.2) is 48.5 Å². The van der Waals surface area contributed by atoms with E-state index in [0.29, 0.717) is 30.8 Å². The van der Waals surface area contributed by atoms with Gasteiger partial charge in [0.15, 0.2) is 6.04 Å². The van der Waals surface area contributed by atoms with Gasteiger partial charge >= 0.3 is 5.97 Å². The molecule has 4 rings (SSSR count). The Morgan fingerprint density at radius 2 is 1.74 bits per heavy atom. The van der Waals surface area contributed by atoms with Crippen LogP contribution in [0.4, 0.5) is 5.69 Å². The van der Waals surface area contributed by atoms with Crippen LogP contribution in [0.5, 0.6) is 5.75 Å². The number of fused-ring (bicyclic) bond motifs is 4. The maximum absolute atomic E-state index is 14.3. The van der Waals surface area contributed by atoms with E-state index < -0.39 is 93.7 Å². The lowest BCUT2D eigenvalue weighted by molar-refractivity contribution is -0.145. The molecule has 1 saturated heterocycles. The van der Waals surface area contributed by atoms with Gasteiger partial charge in [-0.15, -0.1) is 0 Å². The van der Waals surface area contributed by atoms with E-state index in [1.807, 2.05) is 4.72 Å². The SMILES string of the molecule is CCCC(NC(=O)C1C[C@@H]2CN1C(=O)[C@H](C(C)(C)C)NC(=O)Cc1cccc(c1)OCCCO2)C(=O)C(=O)NCC(=O)N[C@H](C(=O)O)c1ccc(NS(N)(=O)=O)cc1. The molecule has 8 N–H and O–H groups in total. The second-order valence-electron chi connectivity index (χ2n) is 15.1. The molecule has 0 aromatic heterocycles. The first kappa shape index (κ1) is 45.1. The predicted molar refractivity (Wildman–Crippen MR) is 208 cm³/mol. The van der Waals surface area contributed by atoms with Crippen molar-refractivity contribution in [3.05, 3.63) is 59.7 Å². The molecule has 2 aromatic rings. The minimum absolute atomic E-state index is 0.0193. The zero-order valence-electron chi connectivity index (χ0n) is 32.7. The van der Waals surface area contributed by atoms with E-state index in [9.17, 15) is 47.1 Å². The minimum atomic E-state index is -4.08. The molecule has 58 heavy (non-hydrogen) atoms. The van der Waals surface area contributed by atoms with E-state index in [2.05, 4.69) is 21.3 Å². The van der Waals surface area contributed by atoms with Crippen LogP contribution in [-0.4, -0.2) is 110 Å². The quantitative estimate of drug-likeness (QED) is 0.132. The Bertz CT molecular complexity index is 1970. The largest absolute Gasteiger partial charge is 0.493 e. The van der Waals surface area contributed by atoms with Crippen molar-refractivity contribution in [2.45, 2.75) is 90.1 Å². The minimum Gasteiger partial charge on any atom is -0.493 e. The third kappa shape index (κ3) is 13.0. The van der Waals surface area contributed by atoms with E-state index >= 15 is 0 Å². The number of carboxylic acid groups (broad SMARTS) is 1. The van der Waals surface area contributed by atoms with Crippen molar-refractivity contribution in [1.29, 1.82) is 0 Å². The molecule has 0 aliphatic carbocycles. The number of nitrogens with one attached hydrogen (secondary N) is 5. The molecule has 0 saturated carbocycles. The molecule has 2 aliphatic rings. The smallest absolute Gasteiger partial charge is 0.330 e. The normalized spacial score (nSPS) is 20.1. The fourth-order valence-electron chi connectivity index (χ4n) is 6.51. The molecule has 5 amide bonds. The number of amides is 5. The van der Waals surface area contributed by atoms with Crippen LogP contribution < -0.4 is 35.9 Å². The third-order valence-corrected chi connectivity index (χ3v) is 9.86. The van der Waals surface area contributed by atoms with Gasteiger partial charge in [0, 0.05) is 25.1 Å². The standard InChI is InChI=1S/C38H51N7O12S/c1-5-8-27(32(48)35(50)40-20-30(47)42-31(37(52)53)23-11-13-24(14-12-23)44-58(39,54)55)41-34(49)28-19-26-21-45(28)36(51)33(38(2,3)4)43-29(46)18-22-9-6-10-25(17-22)56-15-7-16-57-26/h6,9-14,17,26-28,31,33,44H,5,7-8,15-16,18-21H2,1-4H3,(H,40,50)(H,41,49)(H,42,47)(H,43,46)(H,52,53)(H2,39,54,55)/t26-,27?,28?,31+,33-/m1/s1. The zero-order valence-corrected chi connectivity index (χ0v) is 33.6. The van der Waals surface area contributed by atoms with Crippen LogP contribution in [-0.2, 0) is 54.9 Å². The van der Waals surface area contributed by atoms with Crippen molar-refractivity contribution in [1.82, 2.24) is 26.2 Å². The fourth-order valence-corrected chi connectivity index (χ4v) is 6.97. The highest BCUT2D eigenvalue weighted by Gasteiger charge is 2.46. The summed E-state index contributed by atoms with van der Waals surface area (Å²) in [5.74, 6) is -5.79. The van der Waals surface area contributed by atoms with Crippen LogP contribution in [0.3, 0.4) is 0 Å². The van der Waals surface area contributed by atoms with Gasteiger partial charge in [0.05, 0.1) is 38.3 Å². The maximum atomic E-state index is 14.3. The van der Waals surface area contributed by atoms with Crippen LogP contribution in [0.25, 0.3) is 0 Å². The van der Waals surface area contributed by atoms with Gasteiger partial charge in [0.1, 0.15) is 17.8 Å². The van der Waals surface area contributed by atoms with Crippen LogP contribution in [0.2, 0.25) is 0 Å². The number of ketones is 1. The lowest BCUT2D eigenvalue weighted by Crippen LogP contribution is -2.59. The second kappa shape index (κ2) is 19.7. The van der Waals surface area contributed by atoms with Crippen molar-refractivity contribution in [3.8, 4) is 5.75 Å². The number of ether oxygens (including phenoxy) is 2. The molecule has 1 fully saturated rings. The first-order chi connectivity index (χ1) is 27.2. The average Bonchev–Trinajstić information content (AvgIpc) is 3.57. The van der Waals surface area contributed by atoms with Crippen LogP contribution in [0, 0.1) is 5.41 Å². The molecule has 5 atom stereocenters. The summed E-state index contributed by atoms with van der Waals surface area (Å²) in [5.41, 5.74) is 0.00763. The summed E-state index contributed by atoms with van der Waals surface area (Å²) >= 11 is 0. The highest BCUT2D eigenvalue weighted by molar-refractivity contribution is 7.90. The van der Waals surface area contributed by atoms with Crippen molar-refractivity contribution in [2.24, 2.45) is 10.6 Å². The number of hydrogen-bond donors (Lipinski definition) is 7. The van der Waals surface area contributed by atoms with Gasteiger partial charge < -0.3 is 40.7 Å².